The molecule has 0 saturated heterocycles. The number of hydrogen-bond acceptors (Lipinski definition) is 3. The normalized spacial score (nSPS) is 16.7. The molecule has 130 valence electrons. The van der Waals surface area contributed by atoms with Crippen molar-refractivity contribution in [2.45, 2.75) is 51.9 Å². The van der Waals surface area contributed by atoms with Crippen molar-refractivity contribution in [3.63, 3.8) is 0 Å². The van der Waals surface area contributed by atoms with Crippen molar-refractivity contribution in [3.05, 3.63) is 24.3 Å². The SMILES string of the molecule is CC(=O)Nc1ccc(NC(=O)CC2(C(=O)O)CCCCCC2)cc1. The van der Waals surface area contributed by atoms with Gasteiger partial charge in [0, 0.05) is 24.7 Å². The molecule has 6 heteroatoms. The van der Waals surface area contributed by atoms with E-state index in [1.807, 2.05) is 0 Å². The smallest absolute Gasteiger partial charge is 0.310 e. The minimum absolute atomic E-state index is 0.00419. The van der Waals surface area contributed by atoms with E-state index in [-0.39, 0.29) is 18.2 Å². The Morgan fingerprint density at radius 3 is 1.92 bits per heavy atom. The van der Waals surface area contributed by atoms with Crippen molar-refractivity contribution in [2.75, 3.05) is 10.6 Å². The molecule has 6 nitrogen and oxygen atoms in total. The van der Waals surface area contributed by atoms with Gasteiger partial charge < -0.3 is 15.7 Å². The molecule has 0 bridgehead atoms. The van der Waals surface area contributed by atoms with Crippen LogP contribution in [-0.4, -0.2) is 22.9 Å². The minimum Gasteiger partial charge on any atom is -0.481 e. The number of carboxylic acid groups (broad SMARTS) is 1. The Morgan fingerprint density at radius 1 is 0.958 bits per heavy atom. The number of anilines is 2. The van der Waals surface area contributed by atoms with Crippen LogP contribution in [0.25, 0.3) is 0 Å². The van der Waals surface area contributed by atoms with Crippen molar-refractivity contribution >= 4 is 29.2 Å². The average Bonchev–Trinajstić information content (AvgIpc) is 2.75. The summed E-state index contributed by atoms with van der Waals surface area (Å²) in [4.78, 5) is 35.1. The first-order valence-corrected chi connectivity index (χ1v) is 8.32. The molecule has 2 amide bonds. The summed E-state index contributed by atoms with van der Waals surface area (Å²) in [7, 11) is 0. The number of rotatable bonds is 5. The van der Waals surface area contributed by atoms with Crippen LogP contribution in [-0.2, 0) is 14.4 Å². The van der Waals surface area contributed by atoms with Gasteiger partial charge >= 0.3 is 5.97 Å². The molecule has 1 fully saturated rings. The van der Waals surface area contributed by atoms with E-state index in [1.165, 1.54) is 6.92 Å². The van der Waals surface area contributed by atoms with Gasteiger partial charge in [-0.25, -0.2) is 0 Å². The van der Waals surface area contributed by atoms with Crippen LogP contribution in [0.1, 0.15) is 51.9 Å². The van der Waals surface area contributed by atoms with Gasteiger partial charge in [-0.3, -0.25) is 14.4 Å². The fourth-order valence-corrected chi connectivity index (χ4v) is 3.22. The highest BCUT2D eigenvalue weighted by Crippen LogP contribution is 2.38. The number of carbonyl (C=O) groups is 3. The van der Waals surface area contributed by atoms with Gasteiger partial charge in [0.15, 0.2) is 0 Å². The molecule has 0 aromatic heterocycles. The molecule has 1 aliphatic carbocycles. The van der Waals surface area contributed by atoms with Crippen molar-refractivity contribution in [2.24, 2.45) is 5.41 Å². The number of hydrogen-bond donors (Lipinski definition) is 3. The maximum atomic E-state index is 12.3. The summed E-state index contributed by atoms with van der Waals surface area (Å²) in [5, 5.41) is 15.0. The quantitative estimate of drug-likeness (QED) is 0.720. The zero-order chi connectivity index (χ0) is 17.6. The maximum absolute atomic E-state index is 12.3. The molecule has 1 aliphatic rings. The van der Waals surface area contributed by atoms with Crippen molar-refractivity contribution in [3.8, 4) is 0 Å². The topological polar surface area (TPSA) is 95.5 Å². The first kappa shape index (κ1) is 18.0. The third-order valence-corrected chi connectivity index (χ3v) is 4.50. The third-order valence-electron chi connectivity index (χ3n) is 4.50. The molecule has 0 heterocycles. The highest BCUT2D eigenvalue weighted by molar-refractivity contribution is 5.95. The lowest BCUT2D eigenvalue weighted by Crippen LogP contribution is -2.35. The van der Waals surface area contributed by atoms with Gasteiger partial charge in [-0.05, 0) is 37.1 Å². The molecular weight excluding hydrogens is 308 g/mol. The van der Waals surface area contributed by atoms with Gasteiger partial charge in [0.2, 0.25) is 11.8 Å². The van der Waals surface area contributed by atoms with Crippen LogP contribution in [0, 0.1) is 5.41 Å². The van der Waals surface area contributed by atoms with Crippen LogP contribution in [0.2, 0.25) is 0 Å². The molecule has 0 unspecified atom stereocenters. The number of amides is 2. The van der Waals surface area contributed by atoms with Crippen molar-refractivity contribution < 1.29 is 19.5 Å². The Balaban J connectivity index is 2.00. The Bertz CT molecular complexity index is 602. The van der Waals surface area contributed by atoms with Crippen molar-refractivity contribution in [1.29, 1.82) is 0 Å². The molecule has 0 atom stereocenters. The fourth-order valence-electron chi connectivity index (χ4n) is 3.22. The van der Waals surface area contributed by atoms with E-state index < -0.39 is 11.4 Å². The highest BCUT2D eigenvalue weighted by Gasteiger charge is 2.40. The predicted octanol–water partition coefficient (Wildman–Crippen LogP) is 3.40. The summed E-state index contributed by atoms with van der Waals surface area (Å²) in [5.74, 6) is -1.32. The van der Waals surface area contributed by atoms with Gasteiger partial charge in [0.25, 0.3) is 0 Å². The number of carboxylic acids is 1. The highest BCUT2D eigenvalue weighted by atomic mass is 16.4. The summed E-state index contributed by atoms with van der Waals surface area (Å²) in [6, 6.07) is 6.75. The van der Waals surface area contributed by atoms with E-state index in [4.69, 9.17) is 0 Å². The number of aliphatic carboxylic acids is 1. The number of benzene rings is 1. The van der Waals surface area contributed by atoms with Gasteiger partial charge in [-0.2, -0.15) is 0 Å². The zero-order valence-corrected chi connectivity index (χ0v) is 13.9. The second-order valence-electron chi connectivity index (χ2n) is 6.48. The lowest BCUT2D eigenvalue weighted by atomic mass is 9.77. The Labute approximate surface area is 141 Å². The molecule has 0 aliphatic heterocycles. The molecule has 2 rings (SSSR count). The minimum atomic E-state index is -0.948. The standard InChI is InChI=1S/C18H24N2O4/c1-13(21)19-14-6-8-15(9-7-14)20-16(22)12-18(17(23)24)10-4-2-3-5-11-18/h6-9H,2-5,10-12H2,1H3,(H,19,21)(H,20,22)(H,23,24). The van der Waals surface area contributed by atoms with Crippen LogP contribution >= 0.6 is 0 Å². The summed E-state index contributed by atoms with van der Waals surface area (Å²) >= 11 is 0. The van der Waals surface area contributed by atoms with Gasteiger partial charge in [-0.15, -0.1) is 0 Å². The second kappa shape index (κ2) is 7.95. The van der Waals surface area contributed by atoms with Crippen LogP contribution in [0.5, 0.6) is 0 Å². The largest absolute Gasteiger partial charge is 0.481 e. The fraction of sp³-hybridized carbons (Fsp3) is 0.500. The van der Waals surface area contributed by atoms with Crippen LogP contribution in [0.4, 0.5) is 11.4 Å². The van der Waals surface area contributed by atoms with Crippen LogP contribution < -0.4 is 10.6 Å². The summed E-state index contributed by atoms with van der Waals surface area (Å²) in [6.07, 6.45) is 4.86. The van der Waals surface area contributed by atoms with E-state index in [9.17, 15) is 19.5 Å². The first-order valence-electron chi connectivity index (χ1n) is 8.32. The number of carbonyl (C=O) groups excluding carboxylic acids is 2. The van der Waals surface area contributed by atoms with Gasteiger partial charge in [0.1, 0.15) is 0 Å². The summed E-state index contributed by atoms with van der Waals surface area (Å²) in [6.45, 7) is 1.42. The first-order chi connectivity index (χ1) is 11.4. The third kappa shape index (κ3) is 4.81. The van der Waals surface area contributed by atoms with E-state index in [1.54, 1.807) is 24.3 Å². The van der Waals surface area contributed by atoms with Crippen LogP contribution in [0.3, 0.4) is 0 Å². The van der Waals surface area contributed by atoms with E-state index in [0.29, 0.717) is 24.2 Å². The number of nitrogens with one attached hydrogen (secondary N) is 2. The van der Waals surface area contributed by atoms with E-state index >= 15 is 0 Å². The molecule has 3 N–H and O–H groups in total. The predicted molar refractivity (Wildman–Crippen MR) is 91.8 cm³/mol. The monoisotopic (exact) mass is 332 g/mol. The second-order valence-corrected chi connectivity index (χ2v) is 6.48. The van der Waals surface area contributed by atoms with Crippen molar-refractivity contribution in [1.82, 2.24) is 0 Å². The molecule has 0 radical (unpaired) electrons. The molecule has 0 spiro atoms. The molecule has 24 heavy (non-hydrogen) atoms. The molecule has 1 aromatic carbocycles. The Morgan fingerprint density at radius 2 is 1.46 bits per heavy atom. The molecular formula is C18H24N2O4. The molecule has 1 saturated carbocycles. The Kier molecular flexibility index (Phi) is 5.95. The molecule has 1 aromatic rings. The maximum Gasteiger partial charge on any atom is 0.310 e. The van der Waals surface area contributed by atoms with E-state index in [2.05, 4.69) is 10.6 Å². The summed E-state index contributed by atoms with van der Waals surface area (Å²) in [5.41, 5.74) is 0.283. The summed E-state index contributed by atoms with van der Waals surface area (Å²) < 4.78 is 0. The Hall–Kier alpha value is -2.37. The average molecular weight is 332 g/mol. The van der Waals surface area contributed by atoms with Gasteiger partial charge in [0.05, 0.1) is 5.41 Å². The zero-order valence-electron chi connectivity index (χ0n) is 13.9. The van der Waals surface area contributed by atoms with Crippen LogP contribution in [0.15, 0.2) is 24.3 Å². The van der Waals surface area contributed by atoms with E-state index in [0.717, 1.165) is 25.7 Å². The lowest BCUT2D eigenvalue weighted by molar-refractivity contribution is -0.152. The lowest BCUT2D eigenvalue weighted by Gasteiger charge is -2.27. The van der Waals surface area contributed by atoms with Gasteiger partial charge in [-0.1, -0.05) is 25.7 Å².